The van der Waals surface area contributed by atoms with Crippen LogP contribution in [-0.2, 0) is 14.3 Å². The minimum Gasteiger partial charge on any atom is -0.479 e. The highest BCUT2D eigenvalue weighted by molar-refractivity contribution is 5.80. The fourth-order valence-corrected chi connectivity index (χ4v) is 0.799. The van der Waals surface area contributed by atoms with Crippen LogP contribution in [0.4, 0.5) is 0 Å². The number of carbonyl (C=O) groups excluding carboxylic acids is 1. The van der Waals surface area contributed by atoms with Crippen LogP contribution in [0.15, 0.2) is 0 Å². The second kappa shape index (κ2) is 5.59. The average Bonchev–Trinajstić information content (AvgIpc) is 2.11. The summed E-state index contributed by atoms with van der Waals surface area (Å²) in [7, 11) is 0. The normalized spacial score (nSPS) is 14.9. The Hall–Kier alpha value is -1.10. The van der Waals surface area contributed by atoms with Crippen molar-refractivity contribution in [2.45, 2.75) is 39.3 Å². The highest BCUT2D eigenvalue weighted by atomic mass is 16.6. The van der Waals surface area contributed by atoms with Gasteiger partial charge in [0, 0.05) is 0 Å². The number of hydrogen-bond acceptors (Lipinski definition) is 4. The molecule has 0 saturated carbocycles. The Kier molecular flexibility index (Phi) is 5.15. The molecule has 0 spiro atoms. The first kappa shape index (κ1) is 12.9. The number of aliphatic carboxylic acids is 1. The van der Waals surface area contributed by atoms with E-state index in [-0.39, 0.29) is 12.3 Å². The van der Waals surface area contributed by atoms with Gasteiger partial charge in [-0.3, -0.25) is 4.79 Å². The summed E-state index contributed by atoms with van der Waals surface area (Å²) in [6.45, 7) is 5.17. The fourth-order valence-electron chi connectivity index (χ4n) is 0.799. The molecule has 0 aromatic carbocycles. The molecule has 0 fully saturated rings. The Balaban J connectivity index is 4.22. The molecule has 0 heterocycles. The lowest BCUT2D eigenvalue weighted by Gasteiger charge is -2.17. The van der Waals surface area contributed by atoms with E-state index >= 15 is 0 Å². The van der Waals surface area contributed by atoms with Crippen LogP contribution >= 0.6 is 0 Å². The van der Waals surface area contributed by atoms with E-state index in [1.54, 1.807) is 20.8 Å². The molecule has 0 rings (SSSR count). The van der Waals surface area contributed by atoms with E-state index in [2.05, 4.69) is 0 Å². The van der Waals surface area contributed by atoms with Gasteiger partial charge in [-0.2, -0.15) is 0 Å². The van der Waals surface area contributed by atoms with Crippen LogP contribution in [0.2, 0.25) is 0 Å². The van der Waals surface area contributed by atoms with E-state index in [0.717, 1.165) is 0 Å². The van der Waals surface area contributed by atoms with Gasteiger partial charge in [-0.1, -0.05) is 20.8 Å². The zero-order chi connectivity index (χ0) is 11.3. The van der Waals surface area contributed by atoms with Gasteiger partial charge < -0.3 is 15.6 Å². The molecule has 0 aliphatic rings. The number of ether oxygens (including phenoxy) is 1. The molecule has 0 saturated heterocycles. The quantitative estimate of drug-likeness (QED) is 0.630. The Bertz CT molecular complexity index is 215. The number of rotatable bonds is 5. The van der Waals surface area contributed by atoms with Gasteiger partial charge in [-0.15, -0.1) is 0 Å². The summed E-state index contributed by atoms with van der Waals surface area (Å²) in [5.41, 5.74) is 5.50. The molecule has 14 heavy (non-hydrogen) atoms. The van der Waals surface area contributed by atoms with Gasteiger partial charge in [0.25, 0.3) is 0 Å². The van der Waals surface area contributed by atoms with E-state index < -0.39 is 24.1 Å². The van der Waals surface area contributed by atoms with E-state index in [1.807, 2.05) is 0 Å². The van der Waals surface area contributed by atoms with Crippen molar-refractivity contribution in [1.82, 2.24) is 0 Å². The predicted molar refractivity (Wildman–Crippen MR) is 50.6 cm³/mol. The molecule has 5 nitrogen and oxygen atoms in total. The molecule has 0 aliphatic carbocycles. The van der Waals surface area contributed by atoms with Crippen molar-refractivity contribution in [3.63, 3.8) is 0 Å². The minimum atomic E-state index is -1.14. The van der Waals surface area contributed by atoms with E-state index in [1.165, 1.54) is 0 Å². The summed E-state index contributed by atoms with van der Waals surface area (Å²) >= 11 is 0. The predicted octanol–water partition coefficient (Wildman–Crippen LogP) is 0.376. The van der Waals surface area contributed by atoms with Gasteiger partial charge in [0.05, 0.1) is 0 Å². The number of esters is 1. The molecule has 5 heteroatoms. The zero-order valence-electron chi connectivity index (χ0n) is 8.69. The number of carbonyl (C=O) groups is 2. The monoisotopic (exact) mass is 203 g/mol. The molecule has 0 aromatic heterocycles. The number of hydrogen-bond donors (Lipinski definition) is 2. The lowest BCUT2D eigenvalue weighted by molar-refractivity contribution is -0.165. The van der Waals surface area contributed by atoms with Gasteiger partial charge in [-0.25, -0.2) is 4.79 Å². The Morgan fingerprint density at radius 1 is 1.43 bits per heavy atom. The van der Waals surface area contributed by atoms with Crippen molar-refractivity contribution >= 4 is 11.9 Å². The second-order valence-electron chi connectivity index (χ2n) is 3.44. The topological polar surface area (TPSA) is 89.6 Å². The summed E-state index contributed by atoms with van der Waals surface area (Å²) < 4.78 is 4.72. The van der Waals surface area contributed by atoms with E-state index in [0.29, 0.717) is 0 Å². The van der Waals surface area contributed by atoms with Gasteiger partial charge in [0.2, 0.25) is 0 Å². The van der Waals surface area contributed by atoms with E-state index in [4.69, 9.17) is 15.6 Å². The molecule has 3 N–H and O–H groups in total. The van der Waals surface area contributed by atoms with E-state index in [9.17, 15) is 9.59 Å². The third-order valence-corrected chi connectivity index (χ3v) is 1.90. The first-order valence-corrected chi connectivity index (χ1v) is 4.59. The molecule has 2 unspecified atom stereocenters. The zero-order valence-corrected chi connectivity index (χ0v) is 8.69. The number of carboxylic acid groups (broad SMARTS) is 1. The smallest absolute Gasteiger partial charge is 0.345 e. The van der Waals surface area contributed by atoms with Gasteiger partial charge >= 0.3 is 11.9 Å². The molecular formula is C9H17NO4. The van der Waals surface area contributed by atoms with Gasteiger partial charge in [0.15, 0.2) is 6.10 Å². The largest absolute Gasteiger partial charge is 0.479 e. The standard InChI is InChI=1S/C9H17NO4/c1-4-6(8(11)12)14-9(13)7(10)5(2)3/h5-7H,4,10H2,1-3H3,(H,11,12). The molecule has 0 bridgehead atoms. The van der Waals surface area contributed by atoms with Gasteiger partial charge in [0.1, 0.15) is 6.04 Å². The van der Waals surface area contributed by atoms with Crippen LogP contribution in [0.5, 0.6) is 0 Å². The maximum atomic E-state index is 11.2. The maximum Gasteiger partial charge on any atom is 0.345 e. The third kappa shape index (κ3) is 3.74. The summed E-state index contributed by atoms with van der Waals surface area (Å²) in [6, 6.07) is -0.761. The maximum absolute atomic E-state index is 11.2. The first-order chi connectivity index (χ1) is 6.40. The molecule has 2 atom stereocenters. The molecule has 0 aliphatic heterocycles. The summed E-state index contributed by atoms with van der Waals surface area (Å²) in [5.74, 6) is -1.86. The first-order valence-electron chi connectivity index (χ1n) is 4.59. The van der Waals surface area contributed by atoms with Crippen molar-refractivity contribution in [3.8, 4) is 0 Å². The molecule has 0 aromatic rings. The number of nitrogens with two attached hydrogens (primary N) is 1. The molecule has 0 radical (unpaired) electrons. The molecule has 82 valence electrons. The summed E-state index contributed by atoms with van der Waals surface area (Å²) in [6.07, 6.45) is -0.849. The molecule has 0 amide bonds. The summed E-state index contributed by atoms with van der Waals surface area (Å²) in [4.78, 5) is 21.8. The minimum absolute atomic E-state index is 0.0613. The van der Waals surface area contributed by atoms with Crippen LogP contribution in [0, 0.1) is 5.92 Å². The Morgan fingerprint density at radius 3 is 2.21 bits per heavy atom. The van der Waals surface area contributed by atoms with Crippen LogP contribution in [0.3, 0.4) is 0 Å². The highest BCUT2D eigenvalue weighted by Gasteiger charge is 2.25. The van der Waals surface area contributed by atoms with Crippen molar-refractivity contribution in [3.05, 3.63) is 0 Å². The van der Waals surface area contributed by atoms with Crippen molar-refractivity contribution in [1.29, 1.82) is 0 Å². The summed E-state index contributed by atoms with van der Waals surface area (Å²) in [5, 5.41) is 8.62. The second-order valence-corrected chi connectivity index (χ2v) is 3.44. The highest BCUT2D eigenvalue weighted by Crippen LogP contribution is 2.05. The SMILES string of the molecule is CCC(OC(=O)C(N)C(C)C)C(=O)O. The Morgan fingerprint density at radius 2 is 1.93 bits per heavy atom. The van der Waals surface area contributed by atoms with Crippen LogP contribution in [-0.4, -0.2) is 29.2 Å². The average molecular weight is 203 g/mol. The lowest BCUT2D eigenvalue weighted by atomic mass is 10.1. The molecular weight excluding hydrogens is 186 g/mol. The fraction of sp³-hybridized carbons (Fsp3) is 0.778. The number of carboxylic acids is 1. The van der Waals surface area contributed by atoms with Crippen LogP contribution in [0.25, 0.3) is 0 Å². The van der Waals surface area contributed by atoms with Crippen molar-refractivity contribution in [2.24, 2.45) is 11.7 Å². The van der Waals surface area contributed by atoms with Crippen molar-refractivity contribution in [2.75, 3.05) is 0 Å². The van der Waals surface area contributed by atoms with Crippen LogP contribution < -0.4 is 5.73 Å². The lowest BCUT2D eigenvalue weighted by Crippen LogP contribution is -2.40. The van der Waals surface area contributed by atoms with Crippen LogP contribution in [0.1, 0.15) is 27.2 Å². The van der Waals surface area contributed by atoms with Crippen molar-refractivity contribution < 1.29 is 19.4 Å². The third-order valence-electron chi connectivity index (χ3n) is 1.90. The Labute approximate surface area is 83.2 Å². The van der Waals surface area contributed by atoms with Gasteiger partial charge in [-0.05, 0) is 12.3 Å².